The Morgan fingerprint density at radius 2 is 1.93 bits per heavy atom. The lowest BCUT2D eigenvalue weighted by Gasteiger charge is -2.13. The van der Waals surface area contributed by atoms with Gasteiger partial charge in [-0.1, -0.05) is 23.2 Å². The van der Waals surface area contributed by atoms with Gasteiger partial charge in [0.1, 0.15) is 23.3 Å². The number of halogens is 5. The molecule has 28 heavy (non-hydrogen) atoms. The lowest BCUT2D eigenvalue weighted by molar-refractivity contribution is -0.137. The SMILES string of the molecule is Cc1nn(-c2c(Cl)cc(C(F)(F)F)cc2Cl)c(N)c1C=NC(C#N)C(=N)C#N. The second-order valence-electron chi connectivity index (χ2n) is 5.42. The molecule has 0 saturated heterocycles. The highest BCUT2D eigenvalue weighted by Crippen LogP contribution is 2.38. The lowest BCUT2D eigenvalue weighted by atomic mass is 10.2. The lowest BCUT2D eigenvalue weighted by Crippen LogP contribution is -2.13. The minimum Gasteiger partial charge on any atom is -0.383 e. The molecule has 0 spiro atoms. The fraction of sp³-hybridized carbons (Fsp3) is 0.188. The van der Waals surface area contributed by atoms with Gasteiger partial charge in [-0.3, -0.25) is 10.4 Å². The van der Waals surface area contributed by atoms with Gasteiger partial charge in [0.2, 0.25) is 0 Å². The maximum absolute atomic E-state index is 12.9. The second-order valence-corrected chi connectivity index (χ2v) is 6.23. The van der Waals surface area contributed by atoms with Gasteiger partial charge in [0, 0.05) is 6.21 Å². The van der Waals surface area contributed by atoms with Gasteiger partial charge in [0.25, 0.3) is 0 Å². The van der Waals surface area contributed by atoms with Gasteiger partial charge in [-0.2, -0.15) is 28.8 Å². The van der Waals surface area contributed by atoms with Crippen LogP contribution >= 0.6 is 23.2 Å². The molecule has 12 heteroatoms. The molecule has 0 aliphatic heterocycles. The van der Waals surface area contributed by atoms with Crippen molar-refractivity contribution in [3.8, 4) is 17.8 Å². The molecule has 1 aromatic carbocycles. The minimum absolute atomic E-state index is 0.0509. The summed E-state index contributed by atoms with van der Waals surface area (Å²) in [4.78, 5) is 3.82. The van der Waals surface area contributed by atoms with E-state index in [4.69, 9.17) is 44.9 Å². The van der Waals surface area contributed by atoms with Crippen molar-refractivity contribution in [3.05, 3.63) is 39.0 Å². The Balaban J connectivity index is 2.55. The first-order valence-corrected chi connectivity index (χ1v) is 8.09. The molecule has 3 N–H and O–H groups in total. The van der Waals surface area contributed by atoms with Gasteiger partial charge < -0.3 is 5.73 Å². The summed E-state index contributed by atoms with van der Waals surface area (Å²) in [6.07, 6.45) is -3.48. The van der Waals surface area contributed by atoms with Gasteiger partial charge in [0.15, 0.2) is 6.04 Å². The summed E-state index contributed by atoms with van der Waals surface area (Å²) in [5.74, 6) is -0.0509. The zero-order chi connectivity index (χ0) is 21.2. The van der Waals surface area contributed by atoms with Crippen molar-refractivity contribution >= 4 is 40.9 Å². The molecule has 1 aromatic heterocycles. The monoisotopic (exact) mass is 427 g/mol. The number of rotatable bonds is 4. The van der Waals surface area contributed by atoms with Crippen molar-refractivity contribution < 1.29 is 13.2 Å². The summed E-state index contributed by atoms with van der Waals surface area (Å²) in [6.45, 7) is 1.54. The number of nitriles is 2. The number of nitrogens with one attached hydrogen (secondary N) is 1. The number of nitrogens with two attached hydrogens (primary N) is 1. The first kappa shape index (κ1) is 21.2. The number of nitrogens with zero attached hydrogens (tertiary/aromatic N) is 5. The molecule has 0 bridgehead atoms. The van der Waals surface area contributed by atoms with E-state index in [0.29, 0.717) is 17.8 Å². The molecular formula is C16H10Cl2F3N7. The Hall–Kier alpha value is -3.08. The number of hydrogen-bond donors (Lipinski definition) is 2. The molecule has 0 aliphatic carbocycles. The number of alkyl halides is 3. The van der Waals surface area contributed by atoms with Crippen LogP contribution in [0, 0.1) is 35.0 Å². The molecule has 0 amide bonds. The first-order valence-electron chi connectivity index (χ1n) is 7.34. The smallest absolute Gasteiger partial charge is 0.383 e. The fourth-order valence-electron chi connectivity index (χ4n) is 2.20. The molecule has 2 aromatic rings. The molecular weight excluding hydrogens is 418 g/mol. The number of anilines is 1. The van der Waals surface area contributed by atoms with E-state index in [9.17, 15) is 13.2 Å². The van der Waals surface area contributed by atoms with Crippen LogP contribution in [0.4, 0.5) is 19.0 Å². The molecule has 0 saturated carbocycles. The molecule has 1 atom stereocenters. The molecule has 7 nitrogen and oxygen atoms in total. The van der Waals surface area contributed by atoms with E-state index in [1.54, 1.807) is 6.07 Å². The van der Waals surface area contributed by atoms with Crippen molar-refractivity contribution in [3.63, 3.8) is 0 Å². The number of benzene rings is 1. The third kappa shape index (κ3) is 4.09. The zero-order valence-corrected chi connectivity index (χ0v) is 15.5. The van der Waals surface area contributed by atoms with E-state index in [0.717, 1.165) is 10.9 Å². The Morgan fingerprint density at radius 1 is 1.36 bits per heavy atom. The topological polar surface area (TPSA) is 128 Å². The third-order valence-electron chi connectivity index (χ3n) is 3.57. The number of nitrogen functional groups attached to an aromatic ring is 1. The fourth-order valence-corrected chi connectivity index (χ4v) is 2.85. The zero-order valence-electron chi connectivity index (χ0n) is 14.0. The van der Waals surface area contributed by atoms with E-state index in [2.05, 4.69) is 10.1 Å². The van der Waals surface area contributed by atoms with Gasteiger partial charge in [-0.05, 0) is 19.1 Å². The maximum atomic E-state index is 12.9. The number of aliphatic imine (C=N–C) groups is 1. The van der Waals surface area contributed by atoms with Gasteiger partial charge >= 0.3 is 6.18 Å². The van der Waals surface area contributed by atoms with Gasteiger partial charge in [-0.25, -0.2) is 4.68 Å². The molecule has 1 unspecified atom stereocenters. The van der Waals surface area contributed by atoms with E-state index < -0.39 is 23.5 Å². The van der Waals surface area contributed by atoms with Crippen LogP contribution in [0.3, 0.4) is 0 Å². The Bertz CT molecular complexity index is 1030. The van der Waals surface area contributed by atoms with Crippen LogP contribution < -0.4 is 5.73 Å². The standard InChI is InChI=1S/C16H10Cl2F3N7/c1-7-9(6-26-13(5-23)12(24)4-22)15(25)28(27-7)14-10(17)2-8(3-11(14)18)16(19,20)21/h2-3,6,13,24H,25H2,1H3. The molecule has 0 radical (unpaired) electrons. The van der Waals surface area contributed by atoms with Crippen LogP contribution in [0.5, 0.6) is 0 Å². The quantitative estimate of drug-likeness (QED) is 0.715. The van der Waals surface area contributed by atoms with Crippen LogP contribution in [-0.4, -0.2) is 27.7 Å². The van der Waals surface area contributed by atoms with E-state index in [-0.39, 0.29) is 27.1 Å². The third-order valence-corrected chi connectivity index (χ3v) is 4.15. The van der Waals surface area contributed by atoms with Crippen molar-refractivity contribution in [2.75, 3.05) is 5.73 Å². The number of aryl methyl sites for hydroxylation is 1. The van der Waals surface area contributed by atoms with Crippen molar-refractivity contribution in [2.45, 2.75) is 19.1 Å². The van der Waals surface area contributed by atoms with E-state index in [1.165, 1.54) is 13.0 Å². The number of aromatic nitrogens is 2. The van der Waals surface area contributed by atoms with Crippen LogP contribution in [0.15, 0.2) is 17.1 Å². The average Bonchev–Trinajstić information content (AvgIpc) is 2.88. The Morgan fingerprint density at radius 3 is 2.39 bits per heavy atom. The number of hydrogen-bond acceptors (Lipinski definition) is 6. The van der Waals surface area contributed by atoms with E-state index >= 15 is 0 Å². The molecule has 0 fully saturated rings. The van der Waals surface area contributed by atoms with Crippen LogP contribution in [0.25, 0.3) is 5.69 Å². The Kier molecular flexibility index (Phi) is 5.98. The van der Waals surface area contributed by atoms with E-state index in [1.807, 2.05) is 0 Å². The van der Waals surface area contributed by atoms with Crippen molar-refractivity contribution in [1.82, 2.24) is 9.78 Å². The molecule has 144 valence electrons. The second kappa shape index (κ2) is 7.89. The van der Waals surface area contributed by atoms with Crippen LogP contribution in [-0.2, 0) is 6.18 Å². The summed E-state index contributed by atoms with van der Waals surface area (Å²) < 4.78 is 39.7. The average molecular weight is 428 g/mol. The maximum Gasteiger partial charge on any atom is 0.416 e. The summed E-state index contributed by atoms with van der Waals surface area (Å²) in [5, 5.41) is 28.5. The predicted molar refractivity (Wildman–Crippen MR) is 98.1 cm³/mol. The highest BCUT2D eigenvalue weighted by Gasteiger charge is 2.32. The van der Waals surface area contributed by atoms with Crippen molar-refractivity contribution in [2.24, 2.45) is 4.99 Å². The summed E-state index contributed by atoms with van der Waals surface area (Å²) in [7, 11) is 0. The molecule has 2 rings (SSSR count). The highest BCUT2D eigenvalue weighted by molar-refractivity contribution is 6.38. The van der Waals surface area contributed by atoms with Crippen LogP contribution in [0.1, 0.15) is 16.8 Å². The summed E-state index contributed by atoms with van der Waals surface area (Å²) in [5.41, 5.74) is 4.91. The first-order chi connectivity index (χ1) is 13.0. The van der Waals surface area contributed by atoms with Gasteiger partial charge in [-0.15, -0.1) is 0 Å². The highest BCUT2D eigenvalue weighted by atomic mass is 35.5. The molecule has 0 aliphatic rings. The minimum atomic E-state index is -4.63. The summed E-state index contributed by atoms with van der Waals surface area (Å²) >= 11 is 12.0. The van der Waals surface area contributed by atoms with Crippen molar-refractivity contribution in [1.29, 1.82) is 15.9 Å². The largest absolute Gasteiger partial charge is 0.416 e. The van der Waals surface area contributed by atoms with Gasteiger partial charge in [0.05, 0.1) is 32.9 Å². The molecule has 1 heterocycles. The Labute approximate surface area is 166 Å². The predicted octanol–water partition coefficient (Wildman–Crippen LogP) is 3.94. The summed E-state index contributed by atoms with van der Waals surface area (Å²) in [6, 6.07) is 3.26. The van der Waals surface area contributed by atoms with Crippen LogP contribution in [0.2, 0.25) is 10.0 Å². The normalized spacial score (nSPS) is 12.6.